The molecular weight excluding hydrogens is 196 g/mol. The minimum atomic E-state index is -0.698. The van der Waals surface area contributed by atoms with E-state index < -0.39 is 11.4 Å². The summed E-state index contributed by atoms with van der Waals surface area (Å²) in [5.41, 5.74) is -0.561. The quantitative estimate of drug-likeness (QED) is 0.525. The van der Waals surface area contributed by atoms with E-state index in [1.54, 1.807) is 13.8 Å². The number of carbonyl (C=O) groups is 1. The largest absolute Gasteiger partial charge is 0.481 e. The van der Waals surface area contributed by atoms with Crippen molar-refractivity contribution in [1.29, 1.82) is 0 Å². The maximum absolute atomic E-state index is 10.7. The Kier molecular flexibility index (Phi) is 9.05. The number of hydrogen-bond donors (Lipinski definition) is 1. The molecule has 0 radical (unpaired) electrons. The zero-order chi connectivity index (χ0) is 10.3. The van der Waals surface area contributed by atoms with Crippen molar-refractivity contribution in [2.75, 3.05) is 0 Å². The molecule has 0 aliphatic rings. The monoisotopic (exact) mass is 218 g/mol. The van der Waals surface area contributed by atoms with Crippen LogP contribution in [-0.4, -0.2) is 11.1 Å². The van der Waals surface area contributed by atoms with Gasteiger partial charge in [-0.05, 0) is 33.1 Å². The Morgan fingerprint density at radius 1 is 1.36 bits per heavy atom. The maximum atomic E-state index is 10.7. The Bertz CT molecular complexity index is 176. The summed E-state index contributed by atoms with van der Waals surface area (Å²) in [6.07, 6.45) is 6.92. The second-order valence-electron chi connectivity index (χ2n) is 4.08. The number of aliphatic carboxylic acids is 1. The SMILES string of the molecule is C=CCCCCCC(C)(C)C(=O)O.S. The molecule has 2 nitrogen and oxygen atoms in total. The Balaban J connectivity index is 0. The van der Waals surface area contributed by atoms with E-state index in [-0.39, 0.29) is 13.5 Å². The van der Waals surface area contributed by atoms with Gasteiger partial charge in [0.25, 0.3) is 0 Å². The molecule has 0 unspecified atom stereocenters. The first kappa shape index (κ1) is 16.0. The van der Waals surface area contributed by atoms with E-state index in [4.69, 9.17) is 5.11 Å². The second-order valence-corrected chi connectivity index (χ2v) is 4.08. The second kappa shape index (κ2) is 7.92. The van der Waals surface area contributed by atoms with Crippen molar-refractivity contribution in [3.8, 4) is 0 Å². The van der Waals surface area contributed by atoms with Gasteiger partial charge >= 0.3 is 5.97 Å². The summed E-state index contributed by atoms with van der Waals surface area (Å²) in [5.74, 6) is -0.698. The fourth-order valence-corrected chi connectivity index (χ4v) is 1.14. The maximum Gasteiger partial charge on any atom is 0.309 e. The molecule has 14 heavy (non-hydrogen) atoms. The molecule has 0 aliphatic carbocycles. The van der Waals surface area contributed by atoms with Crippen molar-refractivity contribution in [3.05, 3.63) is 12.7 Å². The first-order valence-corrected chi connectivity index (χ1v) is 4.85. The first-order chi connectivity index (χ1) is 6.00. The van der Waals surface area contributed by atoms with E-state index in [0.717, 1.165) is 32.1 Å². The van der Waals surface area contributed by atoms with Crippen molar-refractivity contribution in [1.82, 2.24) is 0 Å². The van der Waals surface area contributed by atoms with Gasteiger partial charge in [-0.1, -0.05) is 18.9 Å². The number of rotatable bonds is 7. The first-order valence-electron chi connectivity index (χ1n) is 4.85. The molecule has 0 atom stereocenters. The number of unbranched alkanes of at least 4 members (excludes halogenated alkanes) is 3. The van der Waals surface area contributed by atoms with Crippen molar-refractivity contribution in [2.45, 2.75) is 46.0 Å². The molecule has 0 heterocycles. The third-order valence-electron chi connectivity index (χ3n) is 2.29. The lowest BCUT2D eigenvalue weighted by Gasteiger charge is -2.18. The van der Waals surface area contributed by atoms with Crippen LogP contribution in [0.15, 0.2) is 12.7 Å². The fourth-order valence-electron chi connectivity index (χ4n) is 1.14. The third kappa shape index (κ3) is 7.01. The predicted octanol–water partition coefficient (Wildman–Crippen LogP) is 3.35. The Morgan fingerprint density at radius 2 is 1.93 bits per heavy atom. The Labute approximate surface area is 93.8 Å². The highest BCUT2D eigenvalue weighted by Gasteiger charge is 2.25. The molecule has 0 saturated heterocycles. The molecule has 0 aromatic heterocycles. The van der Waals surface area contributed by atoms with Crippen LogP contribution in [-0.2, 0) is 4.79 Å². The van der Waals surface area contributed by atoms with Crippen LogP contribution in [0.25, 0.3) is 0 Å². The van der Waals surface area contributed by atoms with Gasteiger partial charge in [0.15, 0.2) is 0 Å². The molecule has 84 valence electrons. The molecule has 0 spiro atoms. The molecule has 0 amide bonds. The van der Waals surface area contributed by atoms with Crippen LogP contribution in [0.2, 0.25) is 0 Å². The summed E-state index contributed by atoms with van der Waals surface area (Å²) in [5, 5.41) is 8.83. The molecule has 0 aliphatic heterocycles. The summed E-state index contributed by atoms with van der Waals surface area (Å²) in [6.45, 7) is 7.20. The van der Waals surface area contributed by atoms with Crippen molar-refractivity contribution in [3.63, 3.8) is 0 Å². The Hall–Kier alpha value is -0.440. The van der Waals surface area contributed by atoms with Crippen LogP contribution in [0.3, 0.4) is 0 Å². The zero-order valence-corrected chi connectivity index (χ0v) is 10.2. The predicted molar refractivity (Wildman–Crippen MR) is 65.1 cm³/mol. The topological polar surface area (TPSA) is 37.3 Å². The van der Waals surface area contributed by atoms with Gasteiger partial charge in [-0.3, -0.25) is 4.79 Å². The van der Waals surface area contributed by atoms with Gasteiger partial charge in [-0.25, -0.2) is 0 Å². The molecule has 0 aromatic rings. The lowest BCUT2D eigenvalue weighted by molar-refractivity contribution is -0.147. The van der Waals surface area contributed by atoms with Crippen LogP contribution in [0.4, 0.5) is 0 Å². The van der Waals surface area contributed by atoms with Gasteiger partial charge in [-0.15, -0.1) is 6.58 Å². The van der Waals surface area contributed by atoms with E-state index >= 15 is 0 Å². The third-order valence-corrected chi connectivity index (χ3v) is 2.29. The summed E-state index contributed by atoms with van der Waals surface area (Å²) in [4.78, 5) is 10.7. The summed E-state index contributed by atoms with van der Waals surface area (Å²) < 4.78 is 0. The molecule has 0 bridgehead atoms. The summed E-state index contributed by atoms with van der Waals surface area (Å²) in [6, 6.07) is 0. The van der Waals surface area contributed by atoms with Crippen LogP contribution in [0, 0.1) is 5.41 Å². The summed E-state index contributed by atoms with van der Waals surface area (Å²) in [7, 11) is 0. The van der Waals surface area contributed by atoms with Crippen LogP contribution in [0.5, 0.6) is 0 Å². The molecule has 1 N–H and O–H groups in total. The summed E-state index contributed by atoms with van der Waals surface area (Å²) >= 11 is 0. The molecule has 3 heteroatoms. The smallest absolute Gasteiger partial charge is 0.309 e. The van der Waals surface area contributed by atoms with Gasteiger partial charge in [0, 0.05) is 0 Å². The molecule has 0 fully saturated rings. The zero-order valence-electron chi connectivity index (χ0n) is 9.18. The van der Waals surface area contributed by atoms with E-state index in [0.29, 0.717) is 0 Å². The number of carboxylic acids is 1. The minimum absolute atomic E-state index is 0. The fraction of sp³-hybridized carbons (Fsp3) is 0.727. The van der Waals surface area contributed by atoms with E-state index in [1.165, 1.54) is 0 Å². The Morgan fingerprint density at radius 3 is 2.36 bits per heavy atom. The molecule has 0 rings (SSSR count). The van der Waals surface area contributed by atoms with E-state index in [1.807, 2.05) is 6.08 Å². The number of hydrogen-bond acceptors (Lipinski definition) is 1. The van der Waals surface area contributed by atoms with E-state index in [2.05, 4.69) is 6.58 Å². The highest BCUT2D eigenvalue weighted by atomic mass is 32.1. The van der Waals surface area contributed by atoms with Crippen molar-refractivity contribution >= 4 is 19.5 Å². The van der Waals surface area contributed by atoms with E-state index in [9.17, 15) is 4.79 Å². The lowest BCUT2D eigenvalue weighted by Crippen LogP contribution is -2.23. The standard InChI is InChI=1S/C11H20O2.H2S/c1-4-5-6-7-8-9-11(2,3)10(12)13;/h4H,1,5-9H2,2-3H3,(H,12,13);1H2. The van der Waals surface area contributed by atoms with Gasteiger partial charge < -0.3 is 5.11 Å². The average Bonchev–Trinajstić information content (AvgIpc) is 2.03. The number of allylic oxidation sites excluding steroid dienone is 1. The molecule has 0 aromatic carbocycles. The molecular formula is C11H22O2S. The highest BCUT2D eigenvalue weighted by molar-refractivity contribution is 7.59. The van der Waals surface area contributed by atoms with Gasteiger partial charge in [0.1, 0.15) is 0 Å². The average molecular weight is 218 g/mol. The van der Waals surface area contributed by atoms with Gasteiger partial charge in [0.2, 0.25) is 0 Å². The molecule has 0 saturated carbocycles. The number of carboxylic acid groups (broad SMARTS) is 1. The normalized spacial score (nSPS) is 10.4. The van der Waals surface area contributed by atoms with Gasteiger partial charge in [0.05, 0.1) is 5.41 Å². The lowest BCUT2D eigenvalue weighted by atomic mass is 9.87. The van der Waals surface area contributed by atoms with Crippen molar-refractivity contribution < 1.29 is 9.90 Å². The minimum Gasteiger partial charge on any atom is -0.481 e. The van der Waals surface area contributed by atoms with Gasteiger partial charge in [-0.2, -0.15) is 13.5 Å². The van der Waals surface area contributed by atoms with Crippen LogP contribution >= 0.6 is 13.5 Å². The van der Waals surface area contributed by atoms with Crippen LogP contribution in [0.1, 0.15) is 46.0 Å². The van der Waals surface area contributed by atoms with Crippen molar-refractivity contribution in [2.24, 2.45) is 5.41 Å². The van der Waals surface area contributed by atoms with Crippen LogP contribution < -0.4 is 0 Å². The highest BCUT2D eigenvalue weighted by Crippen LogP contribution is 2.23.